The zero-order chi connectivity index (χ0) is 15.3. The van der Waals surface area contributed by atoms with Crippen LogP contribution in [0.25, 0.3) is 0 Å². The first kappa shape index (κ1) is 18.6. The van der Waals surface area contributed by atoms with Gasteiger partial charge in [-0.1, -0.05) is 6.58 Å². The normalized spacial score (nSPS) is 8.68. The molecule has 0 aliphatic carbocycles. The summed E-state index contributed by atoms with van der Waals surface area (Å²) in [4.78, 5) is 42.5. The minimum absolute atomic E-state index is 0.0981. The second kappa shape index (κ2) is 11.7. The van der Waals surface area contributed by atoms with E-state index in [4.69, 9.17) is 10.2 Å². The van der Waals surface area contributed by atoms with Crippen LogP contribution in [0.1, 0.15) is 6.92 Å². The van der Waals surface area contributed by atoms with Gasteiger partial charge in [0.05, 0.1) is 6.54 Å². The molecule has 0 rings (SSSR count). The Morgan fingerprint density at radius 3 is 2.05 bits per heavy atom. The fourth-order valence-corrected chi connectivity index (χ4v) is 0.495. The molecule has 0 atom stereocenters. The van der Waals surface area contributed by atoms with E-state index in [0.717, 1.165) is 0 Å². The van der Waals surface area contributed by atoms with Gasteiger partial charge in [0.25, 0.3) is 0 Å². The molecule has 19 heavy (non-hydrogen) atoms. The lowest BCUT2D eigenvalue weighted by Crippen LogP contribution is -2.07. The zero-order valence-corrected chi connectivity index (χ0v) is 10.2. The fourth-order valence-electron chi connectivity index (χ4n) is 0.495. The number of hydrogen-bond acceptors (Lipinski definition) is 6. The van der Waals surface area contributed by atoms with E-state index in [2.05, 4.69) is 16.3 Å². The Kier molecular flexibility index (Phi) is 11.5. The van der Waals surface area contributed by atoms with Crippen molar-refractivity contribution in [2.45, 2.75) is 6.92 Å². The number of carbonyl (C=O) groups is 3. The summed E-state index contributed by atoms with van der Waals surface area (Å²) in [7, 11) is 0. The topological polar surface area (TPSA) is 130 Å². The van der Waals surface area contributed by atoms with Crippen LogP contribution in [0.2, 0.25) is 0 Å². The Labute approximate surface area is 108 Å². The van der Waals surface area contributed by atoms with Crippen molar-refractivity contribution in [1.82, 2.24) is 0 Å². The summed E-state index contributed by atoms with van der Waals surface area (Å²) in [6, 6.07) is 0. The van der Waals surface area contributed by atoms with Gasteiger partial charge < -0.3 is 14.9 Å². The van der Waals surface area contributed by atoms with Gasteiger partial charge in [0.1, 0.15) is 6.61 Å². The van der Waals surface area contributed by atoms with Crippen molar-refractivity contribution in [3.05, 3.63) is 24.3 Å². The third kappa shape index (κ3) is 17.9. The SMILES string of the molecule is C=C(C)C(=O)OCCN=C=O.O=C(O)/C=C\C(=O)O. The van der Waals surface area contributed by atoms with Crippen LogP contribution in [0.5, 0.6) is 0 Å². The Bertz CT molecular complexity index is 403. The number of carboxylic acids is 2. The fraction of sp³-hybridized carbons (Fsp3) is 0.273. The highest BCUT2D eigenvalue weighted by Crippen LogP contribution is 1.90. The molecule has 0 saturated heterocycles. The second-order valence-corrected chi connectivity index (χ2v) is 2.90. The molecule has 0 unspecified atom stereocenters. The summed E-state index contributed by atoms with van der Waals surface area (Å²) in [5, 5.41) is 15.6. The van der Waals surface area contributed by atoms with Crippen LogP contribution in [-0.2, 0) is 23.9 Å². The zero-order valence-electron chi connectivity index (χ0n) is 10.2. The Hall–Kier alpha value is -2.73. The summed E-state index contributed by atoms with van der Waals surface area (Å²) < 4.78 is 4.59. The van der Waals surface area contributed by atoms with Crippen molar-refractivity contribution in [1.29, 1.82) is 0 Å². The lowest BCUT2D eigenvalue weighted by atomic mass is 10.4. The molecule has 0 bridgehead atoms. The van der Waals surface area contributed by atoms with E-state index in [1.807, 2.05) is 0 Å². The summed E-state index contributed by atoms with van der Waals surface area (Å²) >= 11 is 0. The maximum absolute atomic E-state index is 10.6. The molecule has 0 amide bonds. The van der Waals surface area contributed by atoms with E-state index in [9.17, 15) is 19.2 Å². The van der Waals surface area contributed by atoms with Crippen molar-refractivity contribution in [3.8, 4) is 0 Å². The minimum atomic E-state index is -1.26. The third-order valence-corrected chi connectivity index (χ3v) is 1.22. The minimum Gasteiger partial charge on any atom is -0.478 e. The number of ether oxygens (including phenoxy) is 1. The molecule has 104 valence electrons. The van der Waals surface area contributed by atoms with Crippen molar-refractivity contribution in [3.63, 3.8) is 0 Å². The molecule has 0 radical (unpaired) electrons. The van der Waals surface area contributed by atoms with Gasteiger partial charge in [0, 0.05) is 17.7 Å². The predicted molar refractivity (Wildman–Crippen MR) is 63.2 cm³/mol. The Morgan fingerprint density at radius 1 is 1.26 bits per heavy atom. The van der Waals surface area contributed by atoms with Crippen LogP contribution >= 0.6 is 0 Å². The smallest absolute Gasteiger partial charge is 0.333 e. The molecule has 0 aliphatic heterocycles. The van der Waals surface area contributed by atoms with E-state index in [1.165, 1.54) is 6.08 Å². The van der Waals surface area contributed by atoms with Crippen LogP contribution in [-0.4, -0.2) is 47.4 Å². The Morgan fingerprint density at radius 2 is 1.74 bits per heavy atom. The summed E-state index contributed by atoms with van der Waals surface area (Å²) in [5.41, 5.74) is 0.333. The van der Waals surface area contributed by atoms with Crippen molar-refractivity contribution >= 4 is 24.0 Å². The van der Waals surface area contributed by atoms with Crippen LogP contribution in [0, 0.1) is 0 Å². The molecule has 0 heterocycles. The number of aliphatic imine (C=N–C) groups is 1. The van der Waals surface area contributed by atoms with Crippen LogP contribution in [0.3, 0.4) is 0 Å². The third-order valence-electron chi connectivity index (χ3n) is 1.22. The summed E-state index contributed by atoms with van der Waals surface area (Å²) in [5.74, 6) is -2.98. The van der Waals surface area contributed by atoms with Crippen LogP contribution < -0.4 is 0 Å². The molecule has 0 aliphatic rings. The van der Waals surface area contributed by atoms with Crippen LogP contribution in [0.15, 0.2) is 29.3 Å². The number of esters is 1. The molecule has 0 spiro atoms. The number of nitrogens with zero attached hydrogens (tertiary/aromatic N) is 1. The molecule has 0 aromatic rings. The molecule has 8 heteroatoms. The maximum atomic E-state index is 10.6. The lowest BCUT2D eigenvalue weighted by Gasteiger charge is -1.99. The predicted octanol–water partition coefficient (Wildman–Crippen LogP) is 0.153. The molecule has 8 nitrogen and oxygen atoms in total. The molecular formula is C11H13NO7. The highest BCUT2D eigenvalue weighted by atomic mass is 16.5. The number of aliphatic carboxylic acids is 2. The van der Waals surface area contributed by atoms with E-state index in [0.29, 0.717) is 17.7 Å². The number of carboxylic acid groups (broad SMARTS) is 2. The maximum Gasteiger partial charge on any atom is 0.333 e. The largest absolute Gasteiger partial charge is 0.478 e. The first-order valence-corrected chi connectivity index (χ1v) is 4.81. The molecule has 2 N–H and O–H groups in total. The van der Waals surface area contributed by atoms with Crippen molar-refractivity contribution < 1.29 is 34.1 Å². The molecule has 0 fully saturated rings. The summed E-state index contributed by atoms with van der Waals surface area (Å²) in [6.45, 7) is 5.17. The average Bonchev–Trinajstić information content (AvgIpc) is 2.32. The van der Waals surface area contributed by atoms with Gasteiger partial charge >= 0.3 is 17.9 Å². The van der Waals surface area contributed by atoms with Gasteiger partial charge in [-0.05, 0) is 6.92 Å². The van der Waals surface area contributed by atoms with Crippen molar-refractivity contribution in [2.24, 2.45) is 4.99 Å². The highest BCUT2D eigenvalue weighted by molar-refractivity contribution is 5.89. The van der Waals surface area contributed by atoms with Gasteiger partial charge in [0.15, 0.2) is 0 Å². The lowest BCUT2D eigenvalue weighted by molar-refractivity contribution is -0.138. The first-order valence-electron chi connectivity index (χ1n) is 4.81. The second-order valence-electron chi connectivity index (χ2n) is 2.90. The van der Waals surface area contributed by atoms with E-state index in [1.54, 1.807) is 6.92 Å². The van der Waals surface area contributed by atoms with E-state index < -0.39 is 17.9 Å². The van der Waals surface area contributed by atoms with E-state index >= 15 is 0 Å². The number of carbonyl (C=O) groups excluding carboxylic acids is 2. The highest BCUT2D eigenvalue weighted by Gasteiger charge is 2.00. The summed E-state index contributed by atoms with van der Waals surface area (Å²) in [6.07, 6.45) is 2.45. The van der Waals surface area contributed by atoms with Crippen molar-refractivity contribution in [2.75, 3.05) is 13.2 Å². The first-order chi connectivity index (χ1) is 8.81. The van der Waals surface area contributed by atoms with Gasteiger partial charge in [-0.2, -0.15) is 0 Å². The average molecular weight is 271 g/mol. The van der Waals surface area contributed by atoms with Gasteiger partial charge in [-0.15, -0.1) is 0 Å². The van der Waals surface area contributed by atoms with Gasteiger partial charge in [-0.3, -0.25) is 0 Å². The van der Waals surface area contributed by atoms with Gasteiger partial charge in [-0.25, -0.2) is 24.2 Å². The molecule has 0 saturated carbocycles. The number of rotatable bonds is 6. The molecular weight excluding hydrogens is 258 g/mol. The van der Waals surface area contributed by atoms with Gasteiger partial charge in [0.2, 0.25) is 6.08 Å². The quantitative estimate of drug-likeness (QED) is 0.231. The number of isocyanates is 1. The molecule has 0 aromatic carbocycles. The number of hydrogen-bond donors (Lipinski definition) is 2. The van der Waals surface area contributed by atoms with E-state index in [-0.39, 0.29) is 13.2 Å². The Balaban J connectivity index is 0. The van der Waals surface area contributed by atoms with Crippen LogP contribution in [0.4, 0.5) is 0 Å². The monoisotopic (exact) mass is 271 g/mol. The standard InChI is InChI=1S/C7H9NO3.C4H4O4/c1-6(2)7(10)11-4-3-8-5-9;5-3(6)1-2-4(7)8/h1,3-4H2,2H3;1-2H,(H,5,6)(H,7,8)/b;2-1-. The molecule has 0 aromatic heterocycles.